The van der Waals surface area contributed by atoms with E-state index in [2.05, 4.69) is 68.1 Å². The van der Waals surface area contributed by atoms with Crippen molar-refractivity contribution in [2.24, 2.45) is 5.92 Å². The summed E-state index contributed by atoms with van der Waals surface area (Å²) in [5.41, 5.74) is 8.19. The lowest BCUT2D eigenvalue weighted by Gasteiger charge is -2.20. The fourth-order valence-electron chi connectivity index (χ4n) is 8.22. The fraction of sp³-hybridized carbons (Fsp3) is 0.143. The molecule has 5 nitrogen and oxygen atoms in total. The molecule has 10 rings (SSSR count). The quantitative estimate of drug-likeness (QED) is 0.108. The summed E-state index contributed by atoms with van der Waals surface area (Å²) in [5.74, 6) is 1.75. The second-order valence-electron chi connectivity index (χ2n) is 16.6. The molecule has 3 aromatic heterocycles. The van der Waals surface area contributed by atoms with Gasteiger partial charge in [0.25, 0.3) is 6.33 Å². The molecule has 10 aromatic rings. The third kappa shape index (κ3) is 7.16. The van der Waals surface area contributed by atoms with Crippen LogP contribution in [0.3, 0.4) is 0 Å². The SMILES string of the molecule is [2H]c1c([2H])c([2H])c(-c2cccc(-c3cccc(C([2H])([2H])C(C)C)c3)c2-[n+]2[c-]n(-c3cccc(Oc4ccc5c6ccccc6n(-c6cc(C(C)(C)C)ccn6)c5c4)c3)c3ccccc32)c([2H])c1[2H]. The molecule has 0 amide bonds. The average Bonchev–Trinajstić information content (AvgIpc) is 3.88. The number of aromatic nitrogens is 4. The zero-order chi connectivity index (χ0) is 47.8. The summed E-state index contributed by atoms with van der Waals surface area (Å²) in [5, 5.41) is 2.19. The maximum atomic E-state index is 9.08. The maximum Gasteiger partial charge on any atom is 0.269 e. The highest BCUT2D eigenvalue weighted by atomic mass is 16.5. The largest absolute Gasteiger partial charge is 0.458 e. The van der Waals surface area contributed by atoms with Crippen LogP contribution >= 0.6 is 0 Å². The van der Waals surface area contributed by atoms with Crippen LogP contribution < -0.4 is 9.30 Å². The smallest absolute Gasteiger partial charge is 0.269 e. The van der Waals surface area contributed by atoms with E-state index < -0.39 is 24.5 Å². The van der Waals surface area contributed by atoms with E-state index >= 15 is 0 Å². The predicted molar refractivity (Wildman–Crippen MR) is 250 cm³/mol. The first-order valence-corrected chi connectivity index (χ1v) is 20.6. The number of benzene rings is 7. The molecule has 0 fully saturated rings. The van der Waals surface area contributed by atoms with E-state index in [1.165, 1.54) is 5.56 Å². The van der Waals surface area contributed by atoms with Gasteiger partial charge in [0.05, 0.1) is 40.3 Å². The van der Waals surface area contributed by atoms with Crippen LogP contribution in [-0.4, -0.2) is 14.1 Å². The molecule has 0 aliphatic heterocycles. The summed E-state index contributed by atoms with van der Waals surface area (Å²) < 4.78 is 74.4. The first kappa shape index (κ1) is 30.8. The van der Waals surface area contributed by atoms with E-state index in [0.29, 0.717) is 39.4 Å². The normalized spacial score (nSPS) is 13.8. The molecule has 298 valence electrons. The highest BCUT2D eigenvalue weighted by Gasteiger charge is 2.21. The summed E-state index contributed by atoms with van der Waals surface area (Å²) in [6.07, 6.45) is 3.83. The van der Waals surface area contributed by atoms with Crippen LogP contribution in [0, 0.1) is 12.2 Å². The van der Waals surface area contributed by atoms with Crippen molar-refractivity contribution in [3.63, 3.8) is 0 Å². The third-order valence-corrected chi connectivity index (χ3v) is 11.0. The summed E-state index contributed by atoms with van der Waals surface area (Å²) in [6.45, 7) is 10.3. The lowest BCUT2D eigenvalue weighted by atomic mass is 9.88. The Kier molecular flexibility index (Phi) is 7.77. The van der Waals surface area contributed by atoms with E-state index in [1.54, 1.807) is 18.2 Å². The van der Waals surface area contributed by atoms with Crippen LogP contribution in [0.2, 0.25) is 0 Å². The lowest BCUT2D eigenvalue weighted by molar-refractivity contribution is -0.571. The van der Waals surface area contributed by atoms with Gasteiger partial charge in [-0.1, -0.05) is 156 Å². The fourth-order valence-corrected chi connectivity index (χ4v) is 8.22. The summed E-state index contributed by atoms with van der Waals surface area (Å²) >= 11 is 0. The number of ether oxygens (including phenoxy) is 1. The van der Waals surface area contributed by atoms with Crippen molar-refractivity contribution >= 4 is 32.8 Å². The van der Waals surface area contributed by atoms with Crippen molar-refractivity contribution < 1.29 is 18.9 Å². The van der Waals surface area contributed by atoms with Gasteiger partial charge in [0.2, 0.25) is 0 Å². The zero-order valence-electron chi connectivity index (χ0n) is 41.7. The molecule has 0 saturated heterocycles. The van der Waals surface area contributed by atoms with E-state index in [4.69, 9.17) is 19.3 Å². The molecule has 5 heteroatoms. The predicted octanol–water partition coefficient (Wildman–Crippen LogP) is 13.8. The topological polar surface area (TPSA) is 35.9 Å². The second-order valence-corrected chi connectivity index (χ2v) is 16.6. The van der Waals surface area contributed by atoms with Crippen molar-refractivity contribution in [3.8, 4) is 50.9 Å². The van der Waals surface area contributed by atoms with Gasteiger partial charge in [0, 0.05) is 25.8 Å². The van der Waals surface area contributed by atoms with Gasteiger partial charge in [0.1, 0.15) is 17.3 Å². The first-order chi connectivity index (χ1) is 32.5. The second kappa shape index (κ2) is 15.4. The van der Waals surface area contributed by atoms with Gasteiger partial charge in [-0.3, -0.25) is 13.7 Å². The highest BCUT2D eigenvalue weighted by molar-refractivity contribution is 6.09. The number of hydrogen-bond donors (Lipinski definition) is 0. The minimum absolute atomic E-state index is 0.0448. The van der Waals surface area contributed by atoms with Crippen molar-refractivity contribution in [1.82, 2.24) is 14.1 Å². The van der Waals surface area contributed by atoms with Crippen LogP contribution in [0.4, 0.5) is 0 Å². The van der Waals surface area contributed by atoms with Crippen LogP contribution in [0.15, 0.2) is 182 Å². The van der Waals surface area contributed by atoms with E-state index in [-0.39, 0.29) is 29.0 Å². The minimum atomic E-state index is -1.64. The first-order valence-electron chi connectivity index (χ1n) is 24.1. The Labute approximate surface area is 367 Å². The van der Waals surface area contributed by atoms with Crippen LogP contribution in [0.1, 0.15) is 55.3 Å². The van der Waals surface area contributed by atoms with E-state index in [9.17, 15) is 0 Å². The maximum absolute atomic E-state index is 9.08. The van der Waals surface area contributed by atoms with Gasteiger partial charge in [-0.25, -0.2) is 4.98 Å². The molecule has 0 atom stereocenters. The molecule has 0 saturated carbocycles. The molecule has 0 unspecified atom stereocenters. The molecular formula is C56H48N4O. The molecule has 7 aromatic carbocycles. The van der Waals surface area contributed by atoms with Crippen molar-refractivity contribution in [2.45, 2.75) is 46.4 Å². The van der Waals surface area contributed by atoms with Gasteiger partial charge in [0.15, 0.2) is 0 Å². The summed E-state index contributed by atoms with van der Waals surface area (Å²) in [4.78, 5) is 4.84. The van der Waals surface area contributed by atoms with E-state index in [1.807, 2.05) is 120 Å². The Morgan fingerprint density at radius 3 is 2.23 bits per heavy atom. The van der Waals surface area contributed by atoms with Gasteiger partial charge in [-0.2, -0.15) is 0 Å². The highest BCUT2D eigenvalue weighted by Crippen LogP contribution is 2.38. The number of hydrogen-bond acceptors (Lipinski definition) is 2. The Morgan fingerprint density at radius 2 is 1.41 bits per heavy atom. The number of nitrogens with zero attached hydrogens (tertiary/aromatic N) is 4. The Bertz CT molecular complexity index is 3590. The number of pyridine rings is 1. The number of imidazole rings is 1. The molecule has 3 heterocycles. The lowest BCUT2D eigenvalue weighted by Crippen LogP contribution is -2.31. The summed E-state index contributed by atoms with van der Waals surface area (Å²) in [6, 6.07) is 45.0. The minimum Gasteiger partial charge on any atom is -0.458 e. The van der Waals surface area contributed by atoms with Gasteiger partial charge >= 0.3 is 0 Å². The summed E-state index contributed by atoms with van der Waals surface area (Å²) in [7, 11) is 0. The molecule has 0 aliphatic rings. The number of para-hydroxylation sites is 4. The standard InChI is InChI=1S/C56H48N4O/c1-38(2)32-39-16-13-19-41(33-39)47-24-15-23-46(40-17-7-6-8-18-40)55(47)59-37-58(51-26-11-12-27-52(51)59)43-20-14-21-44(35-43)61-45-28-29-49-48-22-9-10-25-50(48)60(53(49)36-45)54-34-42(30-31-57-54)56(3,4)5/h6-31,33-36,38H,32H2,1-5H3/i6D,7D,8D,17D,18D,32D2. The van der Waals surface area contributed by atoms with Crippen molar-refractivity contribution in [1.29, 1.82) is 0 Å². The third-order valence-electron chi connectivity index (χ3n) is 11.0. The molecule has 0 radical (unpaired) electrons. The Morgan fingerprint density at radius 1 is 0.689 bits per heavy atom. The number of fused-ring (bicyclic) bond motifs is 4. The van der Waals surface area contributed by atoms with Gasteiger partial charge in [-0.15, -0.1) is 0 Å². The van der Waals surface area contributed by atoms with E-state index in [0.717, 1.165) is 44.3 Å². The Balaban J connectivity index is 1.13. The van der Waals surface area contributed by atoms with Crippen molar-refractivity contribution in [2.75, 3.05) is 0 Å². The molecule has 0 spiro atoms. The Hall–Kier alpha value is -7.24. The van der Waals surface area contributed by atoms with Crippen LogP contribution in [-0.2, 0) is 11.8 Å². The van der Waals surface area contributed by atoms with Crippen LogP contribution in [0.5, 0.6) is 11.5 Å². The molecule has 0 bridgehead atoms. The zero-order valence-corrected chi connectivity index (χ0v) is 34.7. The molecule has 0 N–H and O–H groups in total. The monoisotopic (exact) mass is 799 g/mol. The van der Waals surface area contributed by atoms with Crippen molar-refractivity contribution in [3.05, 3.63) is 199 Å². The molecular weight excluding hydrogens is 745 g/mol. The molecule has 0 aliphatic carbocycles. The molecule has 61 heavy (non-hydrogen) atoms. The average molecular weight is 800 g/mol. The number of rotatable bonds is 9. The van der Waals surface area contributed by atoms with Crippen LogP contribution in [0.25, 0.3) is 72.3 Å². The van der Waals surface area contributed by atoms with Gasteiger partial charge in [-0.05, 0) is 99.6 Å². The van der Waals surface area contributed by atoms with Gasteiger partial charge < -0.3 is 4.74 Å².